The van der Waals surface area contributed by atoms with E-state index in [0.29, 0.717) is 23.5 Å². The molecule has 5 rings (SSSR count). The van der Waals surface area contributed by atoms with E-state index in [-0.39, 0.29) is 39.2 Å². The van der Waals surface area contributed by atoms with E-state index in [4.69, 9.17) is 0 Å². The molecule has 0 aliphatic heterocycles. The minimum Gasteiger partial charge on any atom is -1.00 e. The molecule has 160 valence electrons. The Kier molecular flexibility index (Phi) is 5.61. The number of aliphatic hydroxyl groups is 1. The van der Waals surface area contributed by atoms with Crippen LogP contribution in [0.15, 0.2) is 29.2 Å². The number of allylic oxidation sites excluding steroid dienone is 1. The van der Waals surface area contributed by atoms with Gasteiger partial charge in [-0.15, -0.1) is 0 Å². The van der Waals surface area contributed by atoms with Crippen LogP contribution in [0, 0.1) is 28.6 Å². The van der Waals surface area contributed by atoms with E-state index in [2.05, 4.69) is 29.5 Å². The number of aryl methyl sites for hydroxylation is 1. The van der Waals surface area contributed by atoms with Gasteiger partial charge in [0.05, 0.1) is 18.4 Å². The van der Waals surface area contributed by atoms with Crippen molar-refractivity contribution in [3.8, 4) is 0 Å². The smallest absolute Gasteiger partial charge is 0.316 e. The van der Waals surface area contributed by atoms with Crippen molar-refractivity contribution in [2.24, 2.45) is 35.6 Å². The molecule has 4 aliphatic carbocycles. The lowest BCUT2D eigenvalue weighted by Gasteiger charge is -2.56. The number of aromatic nitrogens is 2. The zero-order chi connectivity index (χ0) is 19.7. The number of aromatic amines is 1. The van der Waals surface area contributed by atoms with Crippen LogP contribution in [0.2, 0.25) is 0 Å². The van der Waals surface area contributed by atoms with E-state index >= 15 is 0 Å². The summed E-state index contributed by atoms with van der Waals surface area (Å²) in [7, 11) is 2.04. The highest BCUT2D eigenvalue weighted by Gasteiger charge is 2.61. The molecule has 0 bridgehead atoms. The van der Waals surface area contributed by atoms with Gasteiger partial charge in [0.1, 0.15) is 12.4 Å². The van der Waals surface area contributed by atoms with Crippen molar-refractivity contribution in [2.75, 3.05) is 0 Å². The fraction of sp³-hybridized carbons (Fsp3) is 0.739. The van der Waals surface area contributed by atoms with Crippen LogP contribution in [0.1, 0.15) is 58.8 Å². The lowest BCUT2D eigenvalue weighted by Crippen LogP contribution is -3.00. The number of carbonyl (C=O) groups is 1. The zero-order valence-corrected chi connectivity index (χ0v) is 20.1. The van der Waals surface area contributed by atoms with Gasteiger partial charge in [0.15, 0.2) is 5.78 Å². The molecule has 0 spiro atoms. The summed E-state index contributed by atoms with van der Waals surface area (Å²) >= 11 is 1.73. The topological polar surface area (TPSA) is 57.0 Å². The summed E-state index contributed by atoms with van der Waals surface area (Å²) in [6, 6.07) is 0. The van der Waals surface area contributed by atoms with Crippen molar-refractivity contribution in [3.05, 3.63) is 24.0 Å². The number of hydrogen-bond donors (Lipinski definition) is 2. The summed E-state index contributed by atoms with van der Waals surface area (Å²) < 4.78 is 2.08. The van der Waals surface area contributed by atoms with E-state index in [1.54, 1.807) is 11.8 Å². The maximum absolute atomic E-state index is 13.5. The number of fused-ring (bicyclic) bond motifs is 5. The monoisotopic (exact) mass is 480 g/mol. The molecule has 4 aliphatic rings. The number of ketones is 1. The van der Waals surface area contributed by atoms with Crippen molar-refractivity contribution in [1.82, 2.24) is 4.98 Å². The highest BCUT2D eigenvalue weighted by Crippen LogP contribution is 2.64. The van der Waals surface area contributed by atoms with Gasteiger partial charge in [0, 0.05) is 5.41 Å². The minimum absolute atomic E-state index is 0. The number of imidazole rings is 1. The van der Waals surface area contributed by atoms with Gasteiger partial charge in [-0.2, -0.15) is 0 Å². The van der Waals surface area contributed by atoms with Crippen molar-refractivity contribution in [1.29, 1.82) is 0 Å². The number of nitrogens with one attached hydrogen (secondary N) is 1. The lowest BCUT2D eigenvalue weighted by atomic mass is 9.48. The number of rotatable bonds is 2. The van der Waals surface area contributed by atoms with Gasteiger partial charge in [-0.3, -0.25) is 4.79 Å². The van der Waals surface area contributed by atoms with E-state index in [0.717, 1.165) is 43.7 Å². The lowest BCUT2D eigenvalue weighted by molar-refractivity contribution is -0.708. The summed E-state index contributed by atoms with van der Waals surface area (Å²) in [6.07, 6.45) is 13.5. The Morgan fingerprint density at radius 3 is 2.69 bits per heavy atom. The van der Waals surface area contributed by atoms with Gasteiger partial charge in [-0.25, -0.2) is 9.55 Å². The molecule has 4 unspecified atom stereocenters. The predicted molar refractivity (Wildman–Crippen MR) is 110 cm³/mol. The summed E-state index contributed by atoms with van der Waals surface area (Å²) in [5, 5.41) is 11.3. The number of hydrogen-bond acceptors (Lipinski definition) is 3. The van der Waals surface area contributed by atoms with E-state index in [9.17, 15) is 9.90 Å². The van der Waals surface area contributed by atoms with Gasteiger partial charge >= 0.3 is 5.16 Å². The molecule has 0 aromatic carbocycles. The number of Topliss-reactive ketones (excluding diaryl/α,β-unsaturated/α-hetero) is 1. The van der Waals surface area contributed by atoms with Crippen molar-refractivity contribution >= 4 is 17.5 Å². The first-order chi connectivity index (χ1) is 13.3. The van der Waals surface area contributed by atoms with Gasteiger partial charge in [0.25, 0.3) is 0 Å². The second-order valence-electron chi connectivity index (χ2n) is 10.2. The van der Waals surface area contributed by atoms with Crippen LogP contribution < -0.4 is 21.5 Å². The standard InChI is InChI=1S/C23H32N2O2S.BrH/c1-22-8-6-15(26)12-14(22)4-5-16-17(22)7-9-23(2)18(16)13-19(20(23)27)28-21-24-10-11-25(21)3;/h4,10-11,15-19,26H,5-9,12-13H2,1-3H3;1H/t15?,16?,17?,18?,19-,22-,23-;/m1./s1. The summed E-state index contributed by atoms with van der Waals surface area (Å²) in [6.45, 7) is 4.71. The highest BCUT2D eigenvalue weighted by atomic mass is 79.9. The third-order valence-corrected chi connectivity index (χ3v) is 10.2. The Balaban J connectivity index is 0.00000205. The average Bonchev–Trinajstić information content (AvgIpc) is 3.18. The summed E-state index contributed by atoms with van der Waals surface area (Å²) in [4.78, 5) is 16.8. The molecule has 1 heterocycles. The van der Waals surface area contributed by atoms with E-state index < -0.39 is 0 Å². The van der Waals surface area contributed by atoms with Crippen molar-refractivity contribution in [3.63, 3.8) is 0 Å². The van der Waals surface area contributed by atoms with Crippen LogP contribution in [-0.4, -0.2) is 27.2 Å². The zero-order valence-electron chi connectivity index (χ0n) is 17.7. The first kappa shape index (κ1) is 21.6. The maximum atomic E-state index is 13.5. The molecule has 3 saturated carbocycles. The number of carbonyl (C=O) groups excluding carboxylic acids is 1. The predicted octanol–water partition coefficient (Wildman–Crippen LogP) is 0.807. The Bertz CT molecular complexity index is 839. The molecule has 4 nitrogen and oxygen atoms in total. The quantitative estimate of drug-likeness (QED) is 0.486. The molecule has 7 atom stereocenters. The van der Waals surface area contributed by atoms with Gasteiger partial charge in [-0.1, -0.05) is 25.5 Å². The molecular weight excluding hydrogens is 448 g/mol. The molecule has 0 radical (unpaired) electrons. The SMILES string of the molecule is C[n+]1cc[nH]c1S[C@@H]1CC2C3CC=C4CC(O)CC[C@@]4(C)C3CC[C@@]2(C)C1=O.[Br-]. The fourth-order valence-corrected chi connectivity index (χ4v) is 8.46. The van der Waals surface area contributed by atoms with Crippen LogP contribution in [0.5, 0.6) is 0 Å². The number of aliphatic hydroxyl groups excluding tert-OH is 1. The van der Waals surface area contributed by atoms with Gasteiger partial charge in [-0.05, 0) is 79.9 Å². The Morgan fingerprint density at radius 1 is 1.21 bits per heavy atom. The Morgan fingerprint density at radius 2 is 1.97 bits per heavy atom. The summed E-state index contributed by atoms with van der Waals surface area (Å²) in [5.74, 6) is 2.28. The second kappa shape index (κ2) is 7.52. The average molecular weight is 482 g/mol. The highest BCUT2D eigenvalue weighted by molar-refractivity contribution is 8.00. The normalized spacial score (nSPS) is 43.7. The third-order valence-electron chi connectivity index (χ3n) is 8.87. The number of thioether (sulfide) groups is 1. The molecule has 0 saturated heterocycles. The fourth-order valence-electron chi connectivity index (χ4n) is 7.15. The molecular formula is C23H33BrN2O2S. The number of H-pyrrole nitrogens is 1. The summed E-state index contributed by atoms with van der Waals surface area (Å²) in [5.41, 5.74) is 1.59. The molecule has 6 heteroatoms. The first-order valence-corrected chi connectivity index (χ1v) is 11.8. The van der Waals surface area contributed by atoms with E-state index in [1.807, 2.05) is 19.4 Å². The molecule has 1 aromatic rings. The maximum Gasteiger partial charge on any atom is 0.316 e. The van der Waals surface area contributed by atoms with Gasteiger partial charge < -0.3 is 22.1 Å². The van der Waals surface area contributed by atoms with Crippen LogP contribution in [-0.2, 0) is 11.8 Å². The van der Waals surface area contributed by atoms with Crippen LogP contribution in [0.4, 0.5) is 0 Å². The van der Waals surface area contributed by atoms with Crippen molar-refractivity contribution < 1.29 is 31.4 Å². The molecule has 1 aromatic heterocycles. The Hall–Kier alpha value is -0.590. The van der Waals surface area contributed by atoms with E-state index in [1.165, 1.54) is 12.0 Å². The molecule has 0 amide bonds. The van der Waals surface area contributed by atoms with Crippen molar-refractivity contribution in [2.45, 2.75) is 75.3 Å². The van der Waals surface area contributed by atoms with Crippen LogP contribution in [0.3, 0.4) is 0 Å². The number of nitrogens with zero attached hydrogens (tertiary/aromatic N) is 1. The minimum atomic E-state index is -0.153. The second-order valence-corrected chi connectivity index (χ2v) is 11.4. The Labute approximate surface area is 188 Å². The molecule has 29 heavy (non-hydrogen) atoms. The molecule has 2 N–H and O–H groups in total. The number of halogens is 1. The molecule has 3 fully saturated rings. The van der Waals surface area contributed by atoms with Crippen LogP contribution in [0.25, 0.3) is 0 Å². The van der Waals surface area contributed by atoms with Gasteiger partial charge in [0.2, 0.25) is 0 Å². The third kappa shape index (κ3) is 3.20. The largest absolute Gasteiger partial charge is 1.00 e. The first-order valence-electron chi connectivity index (χ1n) is 10.9. The van der Waals surface area contributed by atoms with Crippen LogP contribution >= 0.6 is 11.8 Å².